The van der Waals surface area contributed by atoms with E-state index in [0.717, 1.165) is 46.1 Å². The van der Waals surface area contributed by atoms with Gasteiger partial charge in [0.15, 0.2) is 0 Å². The summed E-state index contributed by atoms with van der Waals surface area (Å²) in [7, 11) is 1.87. The summed E-state index contributed by atoms with van der Waals surface area (Å²) in [5, 5.41) is 8.04. The van der Waals surface area contributed by atoms with Gasteiger partial charge in [-0.15, -0.1) is 0 Å². The molecule has 4 heterocycles. The van der Waals surface area contributed by atoms with Gasteiger partial charge in [-0.2, -0.15) is 5.10 Å². The molecule has 0 atom stereocenters. The van der Waals surface area contributed by atoms with Gasteiger partial charge in [-0.1, -0.05) is 43.6 Å². The van der Waals surface area contributed by atoms with Gasteiger partial charge in [-0.3, -0.25) is 14.4 Å². The van der Waals surface area contributed by atoms with Crippen LogP contribution in [0.5, 0.6) is 0 Å². The van der Waals surface area contributed by atoms with E-state index in [4.69, 9.17) is 11.6 Å². The number of carbonyl (C=O) groups is 1. The number of hydrogen-bond acceptors (Lipinski definition) is 5. The van der Waals surface area contributed by atoms with Crippen LogP contribution in [-0.2, 0) is 24.7 Å². The minimum Gasteiger partial charge on any atom is -0.325 e. The van der Waals surface area contributed by atoms with Gasteiger partial charge in [-0.05, 0) is 47.4 Å². The van der Waals surface area contributed by atoms with Crippen molar-refractivity contribution in [3.05, 3.63) is 83.3 Å². The molecule has 5 rings (SSSR count). The van der Waals surface area contributed by atoms with E-state index in [2.05, 4.69) is 26.4 Å². The van der Waals surface area contributed by atoms with E-state index >= 15 is 0 Å². The van der Waals surface area contributed by atoms with Crippen molar-refractivity contribution in [1.29, 1.82) is 0 Å². The number of halogens is 1. The second-order valence-electron chi connectivity index (χ2n) is 7.67. The Morgan fingerprint density at radius 1 is 1.06 bits per heavy atom. The monoisotopic (exact) mass is 474 g/mol. The summed E-state index contributed by atoms with van der Waals surface area (Å²) >= 11 is 6.23. The topological polar surface area (TPSA) is 75.9 Å². The molecule has 1 aliphatic heterocycles. The van der Waals surface area contributed by atoms with Gasteiger partial charge in [0.05, 0.1) is 12.6 Å². The lowest BCUT2D eigenvalue weighted by Crippen LogP contribution is -2.31. The number of hydrogen-bond donors (Lipinski definition) is 1. The first-order valence-corrected chi connectivity index (χ1v) is 11.7. The summed E-state index contributed by atoms with van der Waals surface area (Å²) in [6, 6.07) is 15.4. The number of aryl methyl sites for hydroxylation is 1. The molecule has 1 aromatic carbocycles. The summed E-state index contributed by atoms with van der Waals surface area (Å²) in [6.45, 7) is 4.62. The Morgan fingerprint density at radius 2 is 1.88 bits per heavy atom. The van der Waals surface area contributed by atoms with Gasteiger partial charge in [0.25, 0.3) is 0 Å². The van der Waals surface area contributed by atoms with E-state index in [-0.39, 0.29) is 12.3 Å². The van der Waals surface area contributed by atoms with Crippen LogP contribution in [0.25, 0.3) is 11.1 Å². The Bertz CT molecular complexity index is 1300. The van der Waals surface area contributed by atoms with Crippen LogP contribution in [0.2, 0.25) is 5.02 Å². The third-order valence-corrected chi connectivity index (χ3v) is 5.94. The molecule has 0 unspecified atom stereocenters. The quantitative estimate of drug-likeness (QED) is 0.417. The van der Waals surface area contributed by atoms with E-state index in [1.54, 1.807) is 28.0 Å². The zero-order valence-corrected chi connectivity index (χ0v) is 20.3. The Kier molecular flexibility index (Phi) is 7.23. The van der Waals surface area contributed by atoms with Crippen molar-refractivity contribution >= 4 is 35.0 Å². The Hall–Kier alpha value is -3.71. The minimum atomic E-state index is 0.00340. The summed E-state index contributed by atoms with van der Waals surface area (Å²) < 4.78 is 1.75. The number of carbonyl (C=O) groups excluding carboxylic acids is 1. The van der Waals surface area contributed by atoms with Gasteiger partial charge >= 0.3 is 0 Å². The maximum atomic E-state index is 12.9. The minimum absolute atomic E-state index is 0.00340. The first-order chi connectivity index (χ1) is 16.6. The third kappa shape index (κ3) is 4.94. The van der Waals surface area contributed by atoms with Crippen LogP contribution in [-0.4, -0.2) is 32.2 Å². The summed E-state index contributed by atoms with van der Waals surface area (Å²) in [4.78, 5) is 23.7. The van der Waals surface area contributed by atoms with Crippen molar-refractivity contribution < 1.29 is 4.79 Å². The molecule has 0 saturated heterocycles. The van der Waals surface area contributed by atoms with Crippen LogP contribution >= 0.6 is 11.6 Å². The largest absolute Gasteiger partial charge is 0.325 e. The maximum absolute atomic E-state index is 12.9. The highest BCUT2D eigenvalue weighted by molar-refractivity contribution is 6.31. The van der Waals surface area contributed by atoms with E-state index < -0.39 is 0 Å². The van der Waals surface area contributed by atoms with Crippen LogP contribution in [0.4, 0.5) is 17.5 Å². The number of aromatic nitrogens is 4. The number of fused-ring (bicyclic) bond motifs is 1. The maximum Gasteiger partial charge on any atom is 0.232 e. The fourth-order valence-electron chi connectivity index (χ4n) is 3.88. The smallest absolute Gasteiger partial charge is 0.232 e. The number of benzene rings is 1. The van der Waals surface area contributed by atoms with Crippen LogP contribution in [0.15, 0.2) is 67.1 Å². The number of amides is 1. The second-order valence-corrected chi connectivity index (χ2v) is 8.07. The van der Waals surface area contributed by atoms with E-state index in [9.17, 15) is 4.79 Å². The first-order valence-electron chi connectivity index (χ1n) is 11.3. The number of pyridine rings is 2. The lowest BCUT2D eigenvalue weighted by Gasteiger charge is -2.17. The molecule has 3 aromatic heterocycles. The molecule has 4 aromatic rings. The molecular weight excluding hydrogens is 448 g/mol. The van der Waals surface area contributed by atoms with Crippen molar-refractivity contribution in [2.24, 2.45) is 7.05 Å². The zero-order chi connectivity index (χ0) is 24.1. The standard InChI is InChI=1S/C24H21ClN6O.C2H6/c1-30-22(7-10-28-30)29-21-13-16(6-9-26-21)19-12-18-8-11-31(24(18)27-15-19)23(32)14-17-4-2-3-5-20(17)25;1-2/h2-7,9-10,12-13,15H,8,11,14H2,1H3,(H,26,29);1-2H3. The molecule has 0 spiro atoms. The second kappa shape index (κ2) is 10.5. The lowest BCUT2D eigenvalue weighted by molar-refractivity contribution is -0.117. The Balaban J connectivity index is 0.00000133. The van der Waals surface area contributed by atoms with Crippen LogP contribution in [0.3, 0.4) is 0 Å². The molecule has 174 valence electrons. The molecule has 7 nitrogen and oxygen atoms in total. The SMILES string of the molecule is CC.Cn1nccc1Nc1cc(-c2cnc3c(c2)CCN3C(=O)Cc2ccccc2Cl)ccn1. The van der Waals surface area contributed by atoms with Crippen LogP contribution in [0.1, 0.15) is 25.0 Å². The molecule has 0 saturated carbocycles. The normalized spacial score (nSPS) is 12.1. The summed E-state index contributed by atoms with van der Waals surface area (Å²) in [6.07, 6.45) is 6.34. The van der Waals surface area contributed by atoms with Crippen LogP contribution < -0.4 is 10.2 Å². The van der Waals surface area contributed by atoms with Gasteiger partial charge < -0.3 is 5.32 Å². The zero-order valence-electron chi connectivity index (χ0n) is 19.5. The highest BCUT2D eigenvalue weighted by Gasteiger charge is 2.26. The van der Waals surface area contributed by atoms with Gasteiger partial charge in [-0.25, -0.2) is 9.97 Å². The van der Waals surface area contributed by atoms with Crippen molar-refractivity contribution in [2.45, 2.75) is 26.7 Å². The number of rotatable bonds is 5. The fourth-order valence-corrected chi connectivity index (χ4v) is 4.08. The molecule has 0 aliphatic carbocycles. The van der Waals surface area contributed by atoms with E-state index in [1.807, 2.05) is 63.5 Å². The van der Waals surface area contributed by atoms with Crippen molar-refractivity contribution in [3.63, 3.8) is 0 Å². The first kappa shape index (κ1) is 23.4. The molecule has 0 bridgehead atoms. The van der Waals surface area contributed by atoms with Crippen LogP contribution in [0, 0.1) is 0 Å². The van der Waals surface area contributed by atoms with E-state index in [0.29, 0.717) is 11.6 Å². The molecule has 8 heteroatoms. The predicted molar refractivity (Wildman–Crippen MR) is 137 cm³/mol. The molecule has 0 radical (unpaired) electrons. The highest BCUT2D eigenvalue weighted by Crippen LogP contribution is 2.31. The molecule has 1 N–H and O–H groups in total. The van der Waals surface area contributed by atoms with Crippen molar-refractivity contribution in [1.82, 2.24) is 19.7 Å². The molecule has 0 fully saturated rings. The van der Waals surface area contributed by atoms with Gasteiger partial charge in [0.2, 0.25) is 5.91 Å². The predicted octanol–water partition coefficient (Wildman–Crippen LogP) is 5.43. The molecule has 1 amide bonds. The average Bonchev–Trinajstić information content (AvgIpc) is 3.47. The third-order valence-electron chi connectivity index (χ3n) is 5.57. The molecular formula is C26H27ClN6O. The Labute approximate surface area is 204 Å². The summed E-state index contributed by atoms with van der Waals surface area (Å²) in [5.41, 5.74) is 3.88. The number of anilines is 3. The number of nitrogens with one attached hydrogen (secondary N) is 1. The number of nitrogens with zero attached hydrogens (tertiary/aromatic N) is 5. The lowest BCUT2D eigenvalue weighted by atomic mass is 10.1. The highest BCUT2D eigenvalue weighted by atomic mass is 35.5. The van der Waals surface area contributed by atoms with Crippen molar-refractivity contribution in [2.75, 3.05) is 16.8 Å². The van der Waals surface area contributed by atoms with Gasteiger partial charge in [0, 0.05) is 42.6 Å². The average molecular weight is 475 g/mol. The Morgan fingerprint density at radius 3 is 2.65 bits per heavy atom. The molecule has 1 aliphatic rings. The van der Waals surface area contributed by atoms with Gasteiger partial charge in [0.1, 0.15) is 17.5 Å². The van der Waals surface area contributed by atoms with E-state index in [1.165, 1.54) is 0 Å². The molecule has 34 heavy (non-hydrogen) atoms. The fraction of sp³-hybridized carbons (Fsp3) is 0.231. The van der Waals surface area contributed by atoms with Crippen molar-refractivity contribution in [3.8, 4) is 11.1 Å². The summed E-state index contributed by atoms with van der Waals surface area (Å²) in [5.74, 6) is 2.31.